The summed E-state index contributed by atoms with van der Waals surface area (Å²) < 4.78 is 15.6. The number of benzene rings is 2. The summed E-state index contributed by atoms with van der Waals surface area (Å²) >= 11 is 5.84. The first-order valence-corrected chi connectivity index (χ1v) is 6.65. The zero-order valence-corrected chi connectivity index (χ0v) is 12.5. The summed E-state index contributed by atoms with van der Waals surface area (Å²) in [6.07, 6.45) is 0. The summed E-state index contributed by atoms with van der Waals surface area (Å²) in [4.78, 5) is 11.5. The third-order valence-electron chi connectivity index (χ3n) is 2.89. The van der Waals surface area contributed by atoms with Gasteiger partial charge < -0.3 is 14.2 Å². The van der Waals surface area contributed by atoms with Gasteiger partial charge in [0.25, 0.3) is 0 Å². The minimum atomic E-state index is -0.422. The van der Waals surface area contributed by atoms with Gasteiger partial charge >= 0.3 is 5.97 Å². The van der Waals surface area contributed by atoms with Crippen molar-refractivity contribution in [3.05, 3.63) is 58.6 Å². The third-order valence-corrected chi connectivity index (χ3v) is 3.14. The van der Waals surface area contributed by atoms with Crippen LogP contribution < -0.4 is 9.47 Å². The molecule has 0 heterocycles. The number of methoxy groups -OCH3 is 2. The molecule has 0 aliphatic rings. The normalized spacial score (nSPS) is 10.0. The molecule has 0 saturated heterocycles. The zero-order chi connectivity index (χ0) is 15.2. The van der Waals surface area contributed by atoms with Gasteiger partial charge in [-0.15, -0.1) is 0 Å². The van der Waals surface area contributed by atoms with E-state index in [0.29, 0.717) is 28.7 Å². The molecule has 0 aliphatic carbocycles. The highest BCUT2D eigenvalue weighted by Gasteiger charge is 2.11. The Morgan fingerprint density at radius 3 is 2.38 bits per heavy atom. The number of rotatable bonds is 5. The lowest BCUT2D eigenvalue weighted by Gasteiger charge is -2.12. The highest BCUT2D eigenvalue weighted by atomic mass is 35.5. The van der Waals surface area contributed by atoms with Gasteiger partial charge in [0.2, 0.25) is 0 Å². The molecule has 0 aliphatic heterocycles. The van der Waals surface area contributed by atoms with E-state index in [1.54, 1.807) is 37.4 Å². The number of carbonyl (C=O) groups excluding carboxylic acids is 1. The quantitative estimate of drug-likeness (QED) is 0.790. The van der Waals surface area contributed by atoms with Crippen molar-refractivity contribution in [2.75, 3.05) is 14.2 Å². The summed E-state index contributed by atoms with van der Waals surface area (Å²) in [5.74, 6) is 0.612. The number of ether oxygens (including phenoxy) is 3. The number of halogens is 1. The van der Waals surface area contributed by atoms with E-state index in [0.717, 1.165) is 5.56 Å². The van der Waals surface area contributed by atoms with E-state index < -0.39 is 5.97 Å². The van der Waals surface area contributed by atoms with Gasteiger partial charge in [-0.25, -0.2) is 4.79 Å². The highest BCUT2D eigenvalue weighted by molar-refractivity contribution is 6.30. The molecule has 21 heavy (non-hydrogen) atoms. The molecule has 110 valence electrons. The fourth-order valence-corrected chi connectivity index (χ4v) is 1.90. The van der Waals surface area contributed by atoms with E-state index in [9.17, 15) is 4.79 Å². The first-order valence-electron chi connectivity index (χ1n) is 6.27. The molecular formula is C16H15ClO4. The second-order valence-electron chi connectivity index (χ2n) is 4.27. The molecule has 4 nitrogen and oxygen atoms in total. The molecule has 0 bridgehead atoms. The molecule has 0 atom stereocenters. The molecular weight excluding hydrogens is 292 g/mol. The molecule has 2 aromatic rings. The molecule has 0 unspecified atom stereocenters. The van der Waals surface area contributed by atoms with Crippen molar-refractivity contribution in [3.8, 4) is 11.5 Å². The Hall–Kier alpha value is -2.20. The van der Waals surface area contributed by atoms with Crippen LogP contribution >= 0.6 is 11.6 Å². The maximum atomic E-state index is 11.5. The van der Waals surface area contributed by atoms with Crippen LogP contribution in [0.1, 0.15) is 15.9 Å². The molecule has 0 saturated carbocycles. The number of carbonyl (C=O) groups is 1. The Morgan fingerprint density at radius 2 is 1.76 bits per heavy atom. The Morgan fingerprint density at radius 1 is 1.05 bits per heavy atom. The summed E-state index contributed by atoms with van der Waals surface area (Å²) in [6.45, 7) is 0.345. The van der Waals surface area contributed by atoms with Crippen molar-refractivity contribution < 1.29 is 19.0 Å². The van der Waals surface area contributed by atoms with Crippen LogP contribution in [0.15, 0.2) is 42.5 Å². The van der Waals surface area contributed by atoms with E-state index in [4.69, 9.17) is 25.8 Å². The Balaban J connectivity index is 2.17. The lowest BCUT2D eigenvalue weighted by molar-refractivity contribution is 0.0600. The average molecular weight is 307 g/mol. The lowest BCUT2D eigenvalue weighted by Crippen LogP contribution is -2.03. The molecule has 0 N–H and O–H groups in total. The van der Waals surface area contributed by atoms with Gasteiger partial charge in [0, 0.05) is 5.02 Å². The summed E-state index contributed by atoms with van der Waals surface area (Å²) in [5, 5.41) is 0.670. The molecule has 2 rings (SSSR count). The predicted molar refractivity (Wildman–Crippen MR) is 80.1 cm³/mol. The number of esters is 1. The van der Waals surface area contributed by atoms with Gasteiger partial charge in [-0.1, -0.05) is 23.7 Å². The number of hydrogen-bond acceptors (Lipinski definition) is 4. The number of hydrogen-bond donors (Lipinski definition) is 0. The highest BCUT2D eigenvalue weighted by Crippen LogP contribution is 2.29. The summed E-state index contributed by atoms with van der Waals surface area (Å²) in [5.41, 5.74) is 1.37. The first-order chi connectivity index (χ1) is 10.1. The fraction of sp³-hybridized carbons (Fsp3) is 0.188. The van der Waals surface area contributed by atoms with E-state index >= 15 is 0 Å². The van der Waals surface area contributed by atoms with Crippen LogP contribution in [0.25, 0.3) is 0 Å². The largest absolute Gasteiger partial charge is 0.493 e. The van der Waals surface area contributed by atoms with Gasteiger partial charge in [0.1, 0.15) is 6.61 Å². The maximum Gasteiger partial charge on any atom is 0.337 e. The Bertz CT molecular complexity index is 623. The van der Waals surface area contributed by atoms with Crippen molar-refractivity contribution in [1.82, 2.24) is 0 Å². The van der Waals surface area contributed by atoms with Gasteiger partial charge in [-0.05, 0) is 35.9 Å². The van der Waals surface area contributed by atoms with Gasteiger partial charge in [-0.3, -0.25) is 0 Å². The SMILES string of the molecule is COC(=O)c1ccc(OC)c(OCc2ccc(Cl)cc2)c1. The fourth-order valence-electron chi connectivity index (χ4n) is 1.78. The van der Waals surface area contributed by atoms with Crippen LogP contribution in [-0.4, -0.2) is 20.2 Å². The predicted octanol–water partition coefficient (Wildman–Crippen LogP) is 3.71. The van der Waals surface area contributed by atoms with Crippen molar-refractivity contribution in [3.63, 3.8) is 0 Å². The Kier molecular flexibility index (Phi) is 5.06. The standard InChI is InChI=1S/C16H15ClO4/c1-19-14-8-5-12(16(18)20-2)9-15(14)21-10-11-3-6-13(17)7-4-11/h3-9H,10H2,1-2H3. The second-order valence-corrected chi connectivity index (χ2v) is 4.71. The summed E-state index contributed by atoms with van der Waals surface area (Å²) in [6, 6.07) is 12.2. The molecule has 0 aromatic heterocycles. The van der Waals surface area contributed by atoms with Gasteiger partial charge in [-0.2, -0.15) is 0 Å². The molecule has 5 heteroatoms. The van der Waals surface area contributed by atoms with E-state index in [1.165, 1.54) is 7.11 Å². The van der Waals surface area contributed by atoms with Crippen LogP contribution in [0.2, 0.25) is 5.02 Å². The van der Waals surface area contributed by atoms with E-state index in [1.807, 2.05) is 12.1 Å². The third kappa shape index (κ3) is 3.89. The van der Waals surface area contributed by atoms with Crippen LogP contribution in [0.4, 0.5) is 0 Å². The lowest BCUT2D eigenvalue weighted by atomic mass is 10.2. The maximum absolute atomic E-state index is 11.5. The molecule has 2 aromatic carbocycles. The van der Waals surface area contributed by atoms with Crippen molar-refractivity contribution in [2.45, 2.75) is 6.61 Å². The molecule has 0 radical (unpaired) electrons. The molecule has 0 amide bonds. The molecule has 0 fully saturated rings. The molecule has 0 spiro atoms. The van der Waals surface area contributed by atoms with Crippen molar-refractivity contribution in [1.29, 1.82) is 0 Å². The second kappa shape index (κ2) is 6.99. The van der Waals surface area contributed by atoms with Gasteiger partial charge in [0.15, 0.2) is 11.5 Å². The summed E-state index contributed by atoms with van der Waals surface area (Å²) in [7, 11) is 2.88. The van der Waals surface area contributed by atoms with Gasteiger partial charge in [0.05, 0.1) is 19.8 Å². The first kappa shape index (κ1) is 15.2. The Labute approximate surface area is 128 Å². The smallest absolute Gasteiger partial charge is 0.337 e. The van der Waals surface area contributed by atoms with E-state index in [-0.39, 0.29) is 0 Å². The monoisotopic (exact) mass is 306 g/mol. The van der Waals surface area contributed by atoms with Crippen LogP contribution in [0.3, 0.4) is 0 Å². The van der Waals surface area contributed by atoms with Crippen LogP contribution in [-0.2, 0) is 11.3 Å². The van der Waals surface area contributed by atoms with Crippen LogP contribution in [0.5, 0.6) is 11.5 Å². The average Bonchev–Trinajstić information content (AvgIpc) is 2.53. The van der Waals surface area contributed by atoms with Crippen molar-refractivity contribution in [2.24, 2.45) is 0 Å². The van der Waals surface area contributed by atoms with Crippen molar-refractivity contribution >= 4 is 17.6 Å². The minimum Gasteiger partial charge on any atom is -0.493 e. The van der Waals surface area contributed by atoms with Crippen LogP contribution in [0, 0.1) is 0 Å². The zero-order valence-electron chi connectivity index (χ0n) is 11.8. The minimum absolute atomic E-state index is 0.345. The van der Waals surface area contributed by atoms with E-state index in [2.05, 4.69) is 0 Å². The topological polar surface area (TPSA) is 44.8 Å².